The van der Waals surface area contributed by atoms with Crippen LogP contribution in [0.3, 0.4) is 0 Å². The summed E-state index contributed by atoms with van der Waals surface area (Å²) in [5, 5.41) is 5.60. The number of carbonyl (C=O) groups is 3. The fraction of sp³-hybridized carbons (Fsp3) is 0.571. The van der Waals surface area contributed by atoms with E-state index in [0.29, 0.717) is 19.4 Å². The molecule has 2 N–H and O–H groups in total. The summed E-state index contributed by atoms with van der Waals surface area (Å²) in [6.45, 7) is 6.10. The Kier molecular flexibility index (Phi) is 6.30. The van der Waals surface area contributed by atoms with Crippen molar-refractivity contribution in [1.29, 1.82) is 0 Å². The molecule has 1 aromatic carbocycles. The van der Waals surface area contributed by atoms with Crippen LogP contribution in [0.5, 0.6) is 0 Å². The molecule has 0 aromatic heterocycles. The van der Waals surface area contributed by atoms with Crippen molar-refractivity contribution in [3.8, 4) is 0 Å². The molecule has 0 spiro atoms. The van der Waals surface area contributed by atoms with Gasteiger partial charge in [0.25, 0.3) is 0 Å². The molecule has 8 nitrogen and oxygen atoms in total. The van der Waals surface area contributed by atoms with E-state index >= 15 is 0 Å². The summed E-state index contributed by atoms with van der Waals surface area (Å²) < 4.78 is 10.5. The van der Waals surface area contributed by atoms with Crippen LogP contribution in [0.25, 0.3) is 0 Å². The molecule has 158 valence electrons. The van der Waals surface area contributed by atoms with E-state index in [1.807, 2.05) is 51.1 Å². The largest absolute Gasteiger partial charge is 0.445 e. The lowest BCUT2D eigenvalue weighted by molar-refractivity contribution is -0.131. The number of likely N-dealkylation sites (tertiary alicyclic amines) is 1. The van der Waals surface area contributed by atoms with E-state index in [1.165, 1.54) is 0 Å². The molecule has 1 aliphatic heterocycles. The zero-order valence-corrected chi connectivity index (χ0v) is 17.1. The number of rotatable bonds is 5. The number of benzene rings is 1. The van der Waals surface area contributed by atoms with Crippen molar-refractivity contribution in [3.05, 3.63) is 35.9 Å². The maximum Gasteiger partial charge on any atom is 0.407 e. The van der Waals surface area contributed by atoms with Crippen LogP contribution in [0.15, 0.2) is 30.3 Å². The summed E-state index contributed by atoms with van der Waals surface area (Å²) in [5.41, 5.74) is 0.372. The molecule has 0 bridgehead atoms. The van der Waals surface area contributed by atoms with Crippen LogP contribution in [0.2, 0.25) is 0 Å². The normalized spacial score (nSPS) is 23.9. The summed E-state index contributed by atoms with van der Waals surface area (Å²) in [5.74, 6) is 0.0130. The third-order valence-electron chi connectivity index (χ3n) is 4.97. The Bertz CT molecular complexity index is 740. The van der Waals surface area contributed by atoms with E-state index in [9.17, 15) is 14.4 Å². The van der Waals surface area contributed by atoms with E-state index < -0.39 is 17.8 Å². The first-order chi connectivity index (χ1) is 13.7. The molecule has 29 heavy (non-hydrogen) atoms. The maximum absolute atomic E-state index is 12.3. The number of alkyl carbamates (subject to hydrolysis) is 2. The van der Waals surface area contributed by atoms with Crippen LogP contribution in [-0.4, -0.2) is 53.3 Å². The Morgan fingerprint density at radius 1 is 1.07 bits per heavy atom. The second-order valence-electron chi connectivity index (χ2n) is 8.62. The van der Waals surface area contributed by atoms with Gasteiger partial charge >= 0.3 is 12.2 Å². The zero-order valence-electron chi connectivity index (χ0n) is 17.1. The first-order valence-corrected chi connectivity index (χ1v) is 9.96. The molecular formula is C21H29N3O5. The average molecular weight is 403 g/mol. The Morgan fingerprint density at radius 3 is 2.38 bits per heavy atom. The number of amides is 3. The monoisotopic (exact) mass is 403 g/mol. The van der Waals surface area contributed by atoms with Crippen molar-refractivity contribution < 1.29 is 23.9 Å². The summed E-state index contributed by atoms with van der Waals surface area (Å²) in [6.07, 6.45) is 0.689. The number of ether oxygens (including phenoxy) is 2. The molecule has 1 heterocycles. The fourth-order valence-electron chi connectivity index (χ4n) is 3.55. The summed E-state index contributed by atoms with van der Waals surface area (Å²) in [4.78, 5) is 37.9. The van der Waals surface area contributed by atoms with Gasteiger partial charge in [0, 0.05) is 25.0 Å². The van der Waals surface area contributed by atoms with Crippen molar-refractivity contribution in [2.75, 3.05) is 6.54 Å². The molecule has 1 atom stereocenters. The van der Waals surface area contributed by atoms with E-state index in [0.717, 1.165) is 5.56 Å². The number of nitrogens with zero attached hydrogens (tertiary/aromatic N) is 1. The number of nitrogens with one attached hydrogen (secondary N) is 2. The highest BCUT2D eigenvalue weighted by Gasteiger charge is 2.42. The van der Waals surface area contributed by atoms with E-state index in [-0.39, 0.29) is 37.1 Å². The predicted molar refractivity (Wildman–Crippen MR) is 106 cm³/mol. The van der Waals surface area contributed by atoms with Crippen LogP contribution < -0.4 is 10.6 Å². The van der Waals surface area contributed by atoms with Crippen molar-refractivity contribution in [1.82, 2.24) is 15.5 Å². The van der Waals surface area contributed by atoms with Crippen molar-refractivity contribution >= 4 is 18.1 Å². The average Bonchev–Trinajstić information content (AvgIpc) is 2.95. The van der Waals surface area contributed by atoms with E-state index in [1.54, 1.807) is 4.90 Å². The molecular weight excluding hydrogens is 374 g/mol. The molecule has 1 saturated heterocycles. The Balaban J connectivity index is 1.37. The van der Waals surface area contributed by atoms with Gasteiger partial charge in [-0.1, -0.05) is 30.3 Å². The minimum Gasteiger partial charge on any atom is -0.445 e. The quantitative estimate of drug-likeness (QED) is 0.788. The number of hydrogen-bond donors (Lipinski definition) is 2. The standard InChI is InChI=1S/C21H29N3O5/c1-21(2,3)29-20(27)22-15-9-17(10-15)24-12-16(11-18(24)25)23-19(26)28-13-14-7-5-4-6-8-14/h4-8,15-17H,9-13H2,1-3H3,(H,22,27)(H,23,26). The summed E-state index contributed by atoms with van der Waals surface area (Å²) in [7, 11) is 0. The maximum atomic E-state index is 12.3. The van der Waals surface area contributed by atoms with Gasteiger partial charge < -0.3 is 25.0 Å². The van der Waals surface area contributed by atoms with E-state index in [2.05, 4.69) is 10.6 Å². The molecule has 8 heteroatoms. The fourth-order valence-corrected chi connectivity index (χ4v) is 3.55. The second-order valence-corrected chi connectivity index (χ2v) is 8.62. The number of hydrogen-bond acceptors (Lipinski definition) is 5. The molecule has 3 rings (SSSR count). The van der Waals surface area contributed by atoms with Crippen LogP contribution in [0.4, 0.5) is 9.59 Å². The molecule has 1 saturated carbocycles. The highest BCUT2D eigenvalue weighted by Crippen LogP contribution is 2.29. The SMILES string of the molecule is CC(C)(C)OC(=O)NC1CC(N2CC(NC(=O)OCc3ccccc3)CC2=O)C1. The third-order valence-corrected chi connectivity index (χ3v) is 4.97. The first-order valence-electron chi connectivity index (χ1n) is 9.96. The molecule has 2 fully saturated rings. The van der Waals surface area contributed by atoms with Gasteiger partial charge in [-0.25, -0.2) is 9.59 Å². The highest BCUT2D eigenvalue weighted by molar-refractivity contribution is 5.81. The lowest BCUT2D eigenvalue weighted by atomic mass is 9.85. The molecule has 1 unspecified atom stereocenters. The predicted octanol–water partition coefficient (Wildman–Crippen LogP) is 2.57. The van der Waals surface area contributed by atoms with E-state index in [4.69, 9.17) is 9.47 Å². The van der Waals surface area contributed by atoms with Crippen LogP contribution in [-0.2, 0) is 20.9 Å². The zero-order chi connectivity index (χ0) is 21.0. The van der Waals surface area contributed by atoms with Crippen molar-refractivity contribution in [2.24, 2.45) is 0 Å². The Hall–Kier alpha value is -2.77. The minimum atomic E-state index is -0.536. The van der Waals surface area contributed by atoms with Gasteiger partial charge in [-0.05, 0) is 39.2 Å². The molecule has 1 aliphatic carbocycles. The van der Waals surface area contributed by atoms with Gasteiger partial charge in [0.15, 0.2) is 0 Å². The first kappa shape index (κ1) is 21.0. The van der Waals surface area contributed by atoms with Gasteiger partial charge in [0.05, 0.1) is 6.04 Å². The topological polar surface area (TPSA) is 97.0 Å². The lowest BCUT2D eigenvalue weighted by Gasteiger charge is -2.41. The van der Waals surface area contributed by atoms with Crippen molar-refractivity contribution in [3.63, 3.8) is 0 Å². The van der Waals surface area contributed by atoms with Gasteiger partial charge in [0.1, 0.15) is 12.2 Å². The number of carbonyl (C=O) groups excluding carboxylic acids is 3. The van der Waals surface area contributed by atoms with Gasteiger partial charge in [0.2, 0.25) is 5.91 Å². The summed E-state index contributed by atoms with van der Waals surface area (Å²) in [6, 6.07) is 9.25. The Morgan fingerprint density at radius 2 is 1.72 bits per heavy atom. The lowest BCUT2D eigenvalue weighted by Crippen LogP contribution is -2.55. The van der Waals surface area contributed by atoms with Gasteiger partial charge in [-0.2, -0.15) is 0 Å². The second kappa shape index (κ2) is 8.71. The van der Waals surface area contributed by atoms with Crippen molar-refractivity contribution in [2.45, 2.75) is 70.4 Å². The molecule has 2 aliphatic rings. The third kappa shape index (κ3) is 6.10. The Labute approximate surface area is 170 Å². The smallest absolute Gasteiger partial charge is 0.407 e. The molecule has 1 aromatic rings. The van der Waals surface area contributed by atoms with Crippen LogP contribution in [0, 0.1) is 0 Å². The van der Waals surface area contributed by atoms with Crippen LogP contribution >= 0.6 is 0 Å². The van der Waals surface area contributed by atoms with Crippen LogP contribution in [0.1, 0.15) is 45.6 Å². The molecule has 0 radical (unpaired) electrons. The minimum absolute atomic E-state index is 0.00509. The summed E-state index contributed by atoms with van der Waals surface area (Å²) >= 11 is 0. The van der Waals surface area contributed by atoms with Gasteiger partial charge in [-0.15, -0.1) is 0 Å². The molecule has 3 amide bonds. The highest BCUT2D eigenvalue weighted by atomic mass is 16.6. The van der Waals surface area contributed by atoms with Gasteiger partial charge in [-0.3, -0.25) is 4.79 Å².